The predicted molar refractivity (Wildman–Crippen MR) is 168 cm³/mol. The van der Waals surface area contributed by atoms with Crippen LogP contribution in [0.4, 0.5) is 10.9 Å². The van der Waals surface area contributed by atoms with Gasteiger partial charge in [0, 0.05) is 51.6 Å². The Bertz CT molecular complexity index is 1440. The Hall–Kier alpha value is -2.97. The first-order chi connectivity index (χ1) is 20.7. The highest BCUT2D eigenvalue weighted by Crippen LogP contribution is 2.35. The van der Waals surface area contributed by atoms with E-state index in [0.29, 0.717) is 58.2 Å². The van der Waals surface area contributed by atoms with E-state index < -0.39 is 5.97 Å². The molecule has 2 atom stereocenters. The number of ether oxygens (including phenoxy) is 2. The molecule has 0 bridgehead atoms. The molecule has 2 aliphatic heterocycles. The van der Waals surface area contributed by atoms with Gasteiger partial charge in [0.2, 0.25) is 0 Å². The fraction of sp³-hybridized carbons (Fsp3) is 0.536. The number of carbonyl (C=O) groups excluding carboxylic acids is 2. The molecule has 2 saturated heterocycles. The molecule has 0 spiro atoms. The molecule has 15 heteroatoms. The second kappa shape index (κ2) is 13.8. The number of hydrogen-bond donors (Lipinski definition) is 2. The third kappa shape index (κ3) is 6.91. The number of aromatic amines is 1. The van der Waals surface area contributed by atoms with Crippen molar-refractivity contribution in [3.63, 3.8) is 0 Å². The Kier molecular flexibility index (Phi) is 10.1. The minimum Gasteiger partial charge on any atom is -0.462 e. The largest absolute Gasteiger partial charge is 0.462 e. The zero-order chi connectivity index (χ0) is 30.7. The molecule has 1 amide bonds. The van der Waals surface area contributed by atoms with E-state index in [-0.39, 0.29) is 35.4 Å². The summed E-state index contributed by atoms with van der Waals surface area (Å²) in [5, 5.41) is 4.23. The highest BCUT2D eigenvalue weighted by atomic mass is 35.5. The first-order valence-corrected chi connectivity index (χ1v) is 15.9. The maximum Gasteiger partial charge on any atom is 0.350 e. The molecular weight excluding hydrogens is 615 g/mol. The van der Waals surface area contributed by atoms with Crippen molar-refractivity contribution in [2.24, 2.45) is 0 Å². The van der Waals surface area contributed by atoms with Crippen LogP contribution in [0.2, 0.25) is 10.0 Å². The van der Waals surface area contributed by atoms with E-state index in [2.05, 4.69) is 42.0 Å². The molecule has 2 N–H and O–H groups in total. The lowest BCUT2D eigenvalue weighted by molar-refractivity contribution is 0.0272. The molecule has 3 aromatic heterocycles. The Morgan fingerprint density at radius 3 is 2.47 bits per heavy atom. The fourth-order valence-corrected chi connectivity index (χ4v) is 6.62. The number of H-pyrrole nitrogens is 1. The van der Waals surface area contributed by atoms with Gasteiger partial charge in [0.15, 0.2) is 5.13 Å². The number of nitrogens with one attached hydrogen (secondary N) is 2. The maximum atomic E-state index is 13.0. The molecular formula is C28H36Cl2N8O4S. The van der Waals surface area contributed by atoms with Gasteiger partial charge in [0.05, 0.1) is 41.2 Å². The number of thiazole rings is 1. The topological polar surface area (TPSA) is 129 Å². The highest BCUT2D eigenvalue weighted by Gasteiger charge is 2.34. The minimum atomic E-state index is -0.452. The van der Waals surface area contributed by atoms with Crippen molar-refractivity contribution in [3.8, 4) is 11.4 Å². The number of amides is 1. The van der Waals surface area contributed by atoms with Crippen LogP contribution in [0.1, 0.15) is 46.1 Å². The molecule has 232 valence electrons. The van der Waals surface area contributed by atoms with E-state index in [1.807, 2.05) is 6.92 Å². The third-order valence-electron chi connectivity index (χ3n) is 7.59. The molecule has 2 fully saturated rings. The summed E-state index contributed by atoms with van der Waals surface area (Å²) in [4.78, 5) is 50.0. The van der Waals surface area contributed by atoms with Gasteiger partial charge in [-0.15, -0.1) is 0 Å². The average molecular weight is 652 g/mol. The zero-order valence-corrected chi connectivity index (χ0v) is 27.0. The smallest absolute Gasteiger partial charge is 0.350 e. The van der Waals surface area contributed by atoms with Crippen LogP contribution in [0.3, 0.4) is 0 Å². The Labute approximate surface area is 264 Å². The number of carbonyl (C=O) groups is 2. The second-order valence-corrected chi connectivity index (χ2v) is 12.2. The standard InChI is InChI=1S/C28H36Cl2N8O4S/c1-5-41-19-15-38(8-7-17(19)34-26(39)24-22(30)21(29)16(3)33-24)28-35-23(25(43-28)27(40)42-6-2)18-13-32-20(14-31-18)37-11-9-36(4)10-12-37/h13-14,17,19,33H,5-12,15H2,1-4H3,(H,34,39)/t17-,19+/m1/s1. The van der Waals surface area contributed by atoms with Crippen LogP contribution < -0.4 is 15.1 Å². The van der Waals surface area contributed by atoms with Gasteiger partial charge in [-0.3, -0.25) is 4.79 Å². The predicted octanol–water partition coefficient (Wildman–Crippen LogP) is 3.89. The van der Waals surface area contributed by atoms with Crippen molar-refractivity contribution in [1.82, 2.24) is 30.2 Å². The van der Waals surface area contributed by atoms with Gasteiger partial charge in [-0.2, -0.15) is 0 Å². The van der Waals surface area contributed by atoms with Crippen LogP contribution in [0.25, 0.3) is 11.4 Å². The Balaban J connectivity index is 1.35. The van der Waals surface area contributed by atoms with Gasteiger partial charge in [0.25, 0.3) is 5.91 Å². The minimum absolute atomic E-state index is 0.198. The lowest BCUT2D eigenvalue weighted by Crippen LogP contribution is -2.55. The number of rotatable bonds is 9. The average Bonchev–Trinajstić information content (AvgIpc) is 3.56. The van der Waals surface area contributed by atoms with Crippen molar-refractivity contribution in [3.05, 3.63) is 38.7 Å². The van der Waals surface area contributed by atoms with E-state index in [1.165, 1.54) is 11.3 Å². The Morgan fingerprint density at radius 1 is 1.07 bits per heavy atom. The molecule has 0 aromatic carbocycles. The molecule has 5 rings (SSSR count). The normalized spacial score (nSPS) is 19.5. The maximum absolute atomic E-state index is 13.0. The number of aryl methyl sites for hydroxylation is 1. The lowest BCUT2D eigenvalue weighted by Gasteiger charge is -2.38. The number of hydrogen-bond acceptors (Lipinski definition) is 11. The summed E-state index contributed by atoms with van der Waals surface area (Å²) in [6, 6.07) is -0.265. The summed E-state index contributed by atoms with van der Waals surface area (Å²) >= 11 is 13.7. The third-order valence-corrected chi connectivity index (χ3v) is 9.64. The molecule has 0 unspecified atom stereocenters. The van der Waals surface area contributed by atoms with Gasteiger partial charge < -0.3 is 34.5 Å². The van der Waals surface area contributed by atoms with Crippen LogP contribution in [0, 0.1) is 6.92 Å². The second-order valence-electron chi connectivity index (χ2n) is 10.5. The molecule has 43 heavy (non-hydrogen) atoms. The van der Waals surface area contributed by atoms with Gasteiger partial charge in [-0.25, -0.2) is 19.7 Å². The summed E-state index contributed by atoms with van der Waals surface area (Å²) in [5.41, 5.74) is 1.80. The number of piperazine rings is 1. The molecule has 0 saturated carbocycles. The fourth-order valence-electron chi connectivity index (χ4n) is 5.20. The number of esters is 1. The molecule has 0 radical (unpaired) electrons. The highest BCUT2D eigenvalue weighted by molar-refractivity contribution is 7.17. The summed E-state index contributed by atoms with van der Waals surface area (Å²) < 4.78 is 11.4. The summed E-state index contributed by atoms with van der Waals surface area (Å²) in [5.74, 6) is 0.00101. The number of halogens is 2. The van der Waals surface area contributed by atoms with Crippen LogP contribution in [0.15, 0.2) is 12.4 Å². The van der Waals surface area contributed by atoms with E-state index >= 15 is 0 Å². The van der Waals surface area contributed by atoms with E-state index in [4.69, 9.17) is 37.7 Å². The van der Waals surface area contributed by atoms with Gasteiger partial charge >= 0.3 is 5.97 Å². The van der Waals surface area contributed by atoms with Gasteiger partial charge in [-0.05, 0) is 34.2 Å². The number of piperidine rings is 1. The van der Waals surface area contributed by atoms with Crippen molar-refractivity contribution < 1.29 is 19.1 Å². The zero-order valence-electron chi connectivity index (χ0n) is 24.7. The van der Waals surface area contributed by atoms with Crippen LogP contribution in [-0.4, -0.2) is 108 Å². The summed E-state index contributed by atoms with van der Waals surface area (Å²) in [6.07, 6.45) is 3.66. The molecule has 12 nitrogen and oxygen atoms in total. The number of likely N-dealkylation sites (N-methyl/N-ethyl adjacent to an activating group) is 1. The number of nitrogens with zero attached hydrogens (tertiary/aromatic N) is 6. The monoisotopic (exact) mass is 650 g/mol. The van der Waals surface area contributed by atoms with Crippen molar-refractivity contribution in [1.29, 1.82) is 0 Å². The van der Waals surface area contributed by atoms with Crippen molar-refractivity contribution in [2.75, 3.05) is 69.3 Å². The van der Waals surface area contributed by atoms with Gasteiger partial charge in [-0.1, -0.05) is 34.5 Å². The first-order valence-electron chi connectivity index (χ1n) is 14.3. The van der Waals surface area contributed by atoms with Crippen molar-refractivity contribution >= 4 is 57.4 Å². The number of anilines is 2. The van der Waals surface area contributed by atoms with Crippen LogP contribution in [0.5, 0.6) is 0 Å². The van der Waals surface area contributed by atoms with E-state index in [1.54, 1.807) is 26.2 Å². The van der Waals surface area contributed by atoms with Crippen LogP contribution >= 0.6 is 34.5 Å². The molecule has 3 aromatic rings. The Morgan fingerprint density at radius 2 is 1.84 bits per heavy atom. The van der Waals surface area contributed by atoms with Crippen molar-refractivity contribution in [2.45, 2.75) is 39.3 Å². The van der Waals surface area contributed by atoms with Crippen LogP contribution in [-0.2, 0) is 9.47 Å². The van der Waals surface area contributed by atoms with E-state index in [9.17, 15) is 9.59 Å². The SMILES string of the molecule is CCOC(=O)c1sc(N2CC[C@@H](NC(=O)c3[nH]c(C)c(Cl)c3Cl)[C@@H](OCC)C2)nc1-c1cnc(N2CCN(C)CC2)cn1. The quantitative estimate of drug-likeness (QED) is 0.329. The first kappa shape index (κ1) is 31.5. The molecule has 5 heterocycles. The summed E-state index contributed by atoms with van der Waals surface area (Å²) in [7, 11) is 2.11. The van der Waals surface area contributed by atoms with Gasteiger partial charge in [0.1, 0.15) is 27.8 Å². The summed E-state index contributed by atoms with van der Waals surface area (Å²) in [6.45, 7) is 10.9. The lowest BCUT2D eigenvalue weighted by atomic mass is 10.0. The number of aromatic nitrogens is 4. The molecule has 0 aliphatic carbocycles. The molecule has 2 aliphatic rings. The van der Waals surface area contributed by atoms with E-state index in [0.717, 1.165) is 32.0 Å².